The Balaban J connectivity index is 2.44. The van der Waals surface area contributed by atoms with Crippen molar-refractivity contribution in [2.24, 2.45) is 0 Å². The third-order valence-electron chi connectivity index (χ3n) is 2.77. The highest BCUT2D eigenvalue weighted by Crippen LogP contribution is 2.11. The van der Waals surface area contributed by atoms with Crippen molar-refractivity contribution in [2.45, 2.75) is 44.8 Å². The molecule has 96 valence electrons. The zero-order valence-electron chi connectivity index (χ0n) is 10.1. The maximum Gasteiger partial charge on any atom is 0.251 e. The molecule has 0 saturated carbocycles. The summed E-state index contributed by atoms with van der Waals surface area (Å²) in [6.45, 7) is 1.60. The summed E-state index contributed by atoms with van der Waals surface area (Å²) in [6, 6.07) is -0.612. The second-order valence-electron chi connectivity index (χ2n) is 4.34. The van der Waals surface area contributed by atoms with E-state index in [1.54, 1.807) is 6.92 Å². The maximum atomic E-state index is 11.7. The number of carbonyl (C=O) groups excluding carboxylic acids is 3. The molecular formula is C11H18N2O4. The van der Waals surface area contributed by atoms with Crippen LogP contribution >= 0.6 is 0 Å². The Hall–Kier alpha value is -1.43. The van der Waals surface area contributed by atoms with Crippen molar-refractivity contribution in [3.8, 4) is 0 Å². The Bertz CT molecular complexity index is 327. The number of aliphatic hydroxyl groups excluding tert-OH is 1. The molecule has 2 N–H and O–H groups in total. The Morgan fingerprint density at radius 2 is 2.24 bits per heavy atom. The van der Waals surface area contributed by atoms with Gasteiger partial charge in [-0.1, -0.05) is 0 Å². The average molecular weight is 242 g/mol. The van der Waals surface area contributed by atoms with Crippen LogP contribution in [0.25, 0.3) is 0 Å². The van der Waals surface area contributed by atoms with E-state index < -0.39 is 12.1 Å². The summed E-state index contributed by atoms with van der Waals surface area (Å²) >= 11 is 0. The maximum absolute atomic E-state index is 11.7. The van der Waals surface area contributed by atoms with Gasteiger partial charge in [0.15, 0.2) is 0 Å². The van der Waals surface area contributed by atoms with Crippen LogP contribution in [-0.4, -0.2) is 46.9 Å². The summed E-state index contributed by atoms with van der Waals surface area (Å²) in [6.07, 6.45) is 0.624. The first kappa shape index (κ1) is 13.6. The predicted octanol–water partition coefficient (Wildman–Crippen LogP) is -0.589. The van der Waals surface area contributed by atoms with Crippen LogP contribution in [0.4, 0.5) is 0 Å². The van der Waals surface area contributed by atoms with Crippen LogP contribution in [0.2, 0.25) is 0 Å². The van der Waals surface area contributed by atoms with Gasteiger partial charge in [-0.25, -0.2) is 0 Å². The molecule has 17 heavy (non-hydrogen) atoms. The number of carbonyl (C=O) groups is 3. The van der Waals surface area contributed by atoms with E-state index in [-0.39, 0.29) is 30.6 Å². The summed E-state index contributed by atoms with van der Waals surface area (Å²) in [5, 5.41) is 11.6. The molecule has 1 heterocycles. The summed E-state index contributed by atoms with van der Waals surface area (Å²) < 4.78 is 0. The lowest BCUT2D eigenvalue weighted by atomic mass is 10.0. The average Bonchev–Trinajstić information content (AvgIpc) is 2.27. The van der Waals surface area contributed by atoms with Gasteiger partial charge >= 0.3 is 0 Å². The van der Waals surface area contributed by atoms with E-state index in [4.69, 9.17) is 5.11 Å². The van der Waals surface area contributed by atoms with Gasteiger partial charge in [-0.3, -0.25) is 19.3 Å². The fourth-order valence-corrected chi connectivity index (χ4v) is 1.66. The van der Waals surface area contributed by atoms with Crippen LogP contribution in [0.3, 0.4) is 0 Å². The van der Waals surface area contributed by atoms with E-state index in [1.165, 1.54) is 7.05 Å². The fraction of sp³-hybridized carbons (Fsp3) is 0.727. The van der Waals surface area contributed by atoms with E-state index in [1.807, 2.05) is 0 Å². The SMILES string of the molecule is CC(O)CCC(=O)NC1CCC(=O)N(C)C1=O. The van der Waals surface area contributed by atoms with Gasteiger partial charge in [-0.05, 0) is 19.8 Å². The third kappa shape index (κ3) is 3.81. The number of imide groups is 1. The molecule has 2 atom stereocenters. The first-order chi connectivity index (χ1) is 7.91. The molecule has 1 rings (SSSR count). The molecule has 1 aliphatic heterocycles. The fourth-order valence-electron chi connectivity index (χ4n) is 1.66. The molecule has 0 aliphatic carbocycles. The highest BCUT2D eigenvalue weighted by Gasteiger charge is 2.32. The molecule has 0 radical (unpaired) electrons. The summed E-state index contributed by atoms with van der Waals surface area (Å²) in [4.78, 5) is 35.4. The second-order valence-corrected chi connectivity index (χ2v) is 4.34. The number of likely N-dealkylation sites (tertiary alicyclic amines) is 1. The number of hydrogen-bond donors (Lipinski definition) is 2. The van der Waals surface area contributed by atoms with Crippen LogP contribution in [0.1, 0.15) is 32.6 Å². The van der Waals surface area contributed by atoms with Crippen molar-refractivity contribution < 1.29 is 19.5 Å². The molecule has 0 aromatic rings. The van der Waals surface area contributed by atoms with Crippen molar-refractivity contribution in [3.05, 3.63) is 0 Å². The topological polar surface area (TPSA) is 86.7 Å². The number of rotatable bonds is 4. The first-order valence-corrected chi connectivity index (χ1v) is 5.69. The van der Waals surface area contributed by atoms with Gasteiger partial charge in [0.05, 0.1) is 6.10 Å². The van der Waals surface area contributed by atoms with Crippen LogP contribution in [0.15, 0.2) is 0 Å². The molecule has 2 unspecified atom stereocenters. The molecule has 1 saturated heterocycles. The molecule has 0 spiro atoms. The highest BCUT2D eigenvalue weighted by molar-refractivity contribution is 6.01. The molecule has 1 aliphatic rings. The number of amides is 3. The summed E-state index contributed by atoms with van der Waals surface area (Å²) in [7, 11) is 1.42. The van der Waals surface area contributed by atoms with E-state index in [9.17, 15) is 14.4 Å². The monoisotopic (exact) mass is 242 g/mol. The van der Waals surface area contributed by atoms with Crippen molar-refractivity contribution >= 4 is 17.7 Å². The zero-order valence-corrected chi connectivity index (χ0v) is 10.1. The van der Waals surface area contributed by atoms with E-state index >= 15 is 0 Å². The van der Waals surface area contributed by atoms with E-state index in [0.29, 0.717) is 12.8 Å². The molecule has 6 nitrogen and oxygen atoms in total. The molecule has 0 aromatic carbocycles. The Labute approximate surface area is 100.0 Å². The van der Waals surface area contributed by atoms with Crippen molar-refractivity contribution in [3.63, 3.8) is 0 Å². The van der Waals surface area contributed by atoms with Crippen LogP contribution < -0.4 is 5.32 Å². The van der Waals surface area contributed by atoms with Crippen LogP contribution in [0.5, 0.6) is 0 Å². The molecular weight excluding hydrogens is 224 g/mol. The number of aliphatic hydroxyl groups is 1. The van der Waals surface area contributed by atoms with Crippen LogP contribution in [-0.2, 0) is 14.4 Å². The molecule has 0 aromatic heterocycles. The van der Waals surface area contributed by atoms with Gasteiger partial charge in [0, 0.05) is 19.9 Å². The Kier molecular flexibility index (Phi) is 4.62. The van der Waals surface area contributed by atoms with Gasteiger partial charge in [-0.15, -0.1) is 0 Å². The Morgan fingerprint density at radius 3 is 2.82 bits per heavy atom. The summed E-state index contributed by atoms with van der Waals surface area (Å²) in [5.74, 6) is -0.858. The van der Waals surface area contributed by atoms with Crippen molar-refractivity contribution in [1.82, 2.24) is 10.2 Å². The van der Waals surface area contributed by atoms with E-state index in [2.05, 4.69) is 5.32 Å². The van der Waals surface area contributed by atoms with Crippen molar-refractivity contribution in [1.29, 1.82) is 0 Å². The molecule has 1 fully saturated rings. The summed E-state index contributed by atoms with van der Waals surface area (Å²) in [5.41, 5.74) is 0. The lowest BCUT2D eigenvalue weighted by Gasteiger charge is -2.28. The first-order valence-electron chi connectivity index (χ1n) is 5.69. The van der Waals surface area contributed by atoms with Gasteiger partial charge in [-0.2, -0.15) is 0 Å². The number of nitrogens with one attached hydrogen (secondary N) is 1. The zero-order chi connectivity index (χ0) is 13.0. The smallest absolute Gasteiger partial charge is 0.251 e. The number of piperidine rings is 1. The minimum atomic E-state index is -0.612. The lowest BCUT2D eigenvalue weighted by molar-refractivity contribution is -0.149. The third-order valence-corrected chi connectivity index (χ3v) is 2.77. The minimum absolute atomic E-state index is 0.180. The quantitative estimate of drug-likeness (QED) is 0.645. The van der Waals surface area contributed by atoms with Gasteiger partial charge in [0.1, 0.15) is 6.04 Å². The predicted molar refractivity (Wildman–Crippen MR) is 59.9 cm³/mol. The number of likely N-dealkylation sites (N-methyl/N-ethyl adjacent to an activating group) is 1. The minimum Gasteiger partial charge on any atom is -0.393 e. The van der Waals surface area contributed by atoms with Gasteiger partial charge in [0.2, 0.25) is 11.8 Å². The normalized spacial score (nSPS) is 22.5. The molecule has 3 amide bonds. The molecule has 0 bridgehead atoms. The standard InChI is InChI=1S/C11H18N2O4/c1-7(14)3-5-9(15)12-8-4-6-10(16)13(2)11(8)17/h7-8,14H,3-6H2,1-2H3,(H,12,15). The largest absolute Gasteiger partial charge is 0.393 e. The lowest BCUT2D eigenvalue weighted by Crippen LogP contribution is -2.52. The van der Waals surface area contributed by atoms with E-state index in [0.717, 1.165) is 4.90 Å². The number of hydrogen-bond acceptors (Lipinski definition) is 4. The number of nitrogens with zero attached hydrogens (tertiary/aromatic N) is 1. The second kappa shape index (κ2) is 5.77. The highest BCUT2D eigenvalue weighted by atomic mass is 16.3. The van der Waals surface area contributed by atoms with Gasteiger partial charge < -0.3 is 10.4 Å². The van der Waals surface area contributed by atoms with Gasteiger partial charge in [0.25, 0.3) is 5.91 Å². The molecule has 6 heteroatoms. The van der Waals surface area contributed by atoms with Crippen molar-refractivity contribution in [2.75, 3.05) is 7.05 Å². The Morgan fingerprint density at radius 1 is 1.59 bits per heavy atom. The van der Waals surface area contributed by atoms with Crippen LogP contribution in [0, 0.1) is 0 Å².